The number of rotatable bonds is 10. The van der Waals surface area contributed by atoms with E-state index in [1.807, 2.05) is 6.07 Å². The molecule has 0 saturated carbocycles. The van der Waals surface area contributed by atoms with Crippen molar-refractivity contribution >= 4 is 5.91 Å². The van der Waals surface area contributed by atoms with Crippen molar-refractivity contribution in [3.8, 4) is 6.07 Å². The van der Waals surface area contributed by atoms with Gasteiger partial charge in [-0.2, -0.15) is 5.26 Å². The van der Waals surface area contributed by atoms with Crippen LogP contribution < -0.4 is 11.2 Å². The van der Waals surface area contributed by atoms with Crippen molar-refractivity contribution in [3.63, 3.8) is 0 Å². The minimum atomic E-state index is -1.17. The van der Waals surface area contributed by atoms with Gasteiger partial charge in [0.25, 0.3) is 5.91 Å². The van der Waals surface area contributed by atoms with E-state index in [4.69, 9.17) is 25.3 Å². The van der Waals surface area contributed by atoms with Crippen LogP contribution in [0.1, 0.15) is 41.4 Å². The van der Waals surface area contributed by atoms with Crippen molar-refractivity contribution in [1.82, 2.24) is 15.4 Å². The van der Waals surface area contributed by atoms with Gasteiger partial charge in [0.2, 0.25) is 6.29 Å². The monoisotopic (exact) mass is 401 g/mol. The number of carbonyl (C=O) groups is 1. The van der Waals surface area contributed by atoms with E-state index in [1.165, 1.54) is 18.7 Å². The van der Waals surface area contributed by atoms with Crippen molar-refractivity contribution in [2.24, 2.45) is 5.73 Å². The van der Waals surface area contributed by atoms with E-state index in [0.29, 0.717) is 11.1 Å². The summed E-state index contributed by atoms with van der Waals surface area (Å²) in [6.45, 7) is 2.82. The molecule has 2 unspecified atom stereocenters. The van der Waals surface area contributed by atoms with Gasteiger partial charge in [0.15, 0.2) is 0 Å². The zero-order valence-corrected chi connectivity index (χ0v) is 16.1. The number of hydroxylamine groups is 1. The molecule has 2 atom stereocenters. The zero-order valence-electron chi connectivity index (χ0n) is 16.1. The Bertz CT molecular complexity index is 835. The second-order valence-corrected chi connectivity index (χ2v) is 6.66. The van der Waals surface area contributed by atoms with Crippen molar-refractivity contribution < 1.29 is 24.2 Å². The number of hydrogen-bond donors (Lipinski definition) is 3. The highest BCUT2D eigenvalue weighted by Crippen LogP contribution is 2.25. The topological polar surface area (TPSA) is 153 Å². The first kappa shape index (κ1) is 22.4. The van der Waals surface area contributed by atoms with Crippen LogP contribution in [0.15, 0.2) is 43.0 Å². The standard InChI is InChI=1S/C19H23N5O5/c1-19(2,26)10-27-18(29-24-17(25)15-8-22-12-23-9-15)16(28-11-21)14-5-3-4-13(6-14)7-20/h3-6,8-9,12,16,18,26H,10-11,21H2,1-2H3,(H,24,25). The normalized spacial score (nSPS) is 13.3. The molecule has 1 heterocycles. The molecule has 0 aliphatic heterocycles. The Morgan fingerprint density at radius 1 is 1.34 bits per heavy atom. The minimum Gasteiger partial charge on any atom is -0.388 e. The lowest BCUT2D eigenvalue weighted by Gasteiger charge is -2.29. The van der Waals surface area contributed by atoms with Crippen LogP contribution in [-0.4, -0.2) is 46.2 Å². The molecule has 0 radical (unpaired) electrons. The Morgan fingerprint density at radius 2 is 2.07 bits per heavy atom. The molecule has 10 nitrogen and oxygen atoms in total. The van der Waals surface area contributed by atoms with E-state index >= 15 is 0 Å². The predicted molar refractivity (Wildman–Crippen MR) is 101 cm³/mol. The van der Waals surface area contributed by atoms with Crippen LogP contribution in [0.25, 0.3) is 0 Å². The maximum Gasteiger partial charge on any atom is 0.278 e. The fourth-order valence-corrected chi connectivity index (χ4v) is 2.28. The van der Waals surface area contributed by atoms with Crippen LogP contribution in [0.3, 0.4) is 0 Å². The summed E-state index contributed by atoms with van der Waals surface area (Å²) in [6, 6.07) is 8.65. The fourth-order valence-electron chi connectivity index (χ4n) is 2.28. The number of aromatic nitrogens is 2. The van der Waals surface area contributed by atoms with Crippen molar-refractivity contribution in [2.75, 3.05) is 13.3 Å². The van der Waals surface area contributed by atoms with Gasteiger partial charge in [-0.1, -0.05) is 12.1 Å². The molecule has 10 heteroatoms. The average Bonchev–Trinajstić information content (AvgIpc) is 2.72. The molecule has 0 aliphatic carbocycles. The second-order valence-electron chi connectivity index (χ2n) is 6.66. The molecular weight excluding hydrogens is 378 g/mol. The van der Waals surface area contributed by atoms with Gasteiger partial charge in [-0.15, -0.1) is 0 Å². The van der Waals surface area contributed by atoms with Crippen molar-refractivity contribution in [1.29, 1.82) is 5.26 Å². The molecular formula is C19H23N5O5. The number of carbonyl (C=O) groups excluding carboxylic acids is 1. The number of nitrogens with one attached hydrogen (secondary N) is 1. The number of hydrogen-bond acceptors (Lipinski definition) is 9. The summed E-state index contributed by atoms with van der Waals surface area (Å²) in [7, 11) is 0. The molecule has 1 aromatic heterocycles. The van der Waals surface area contributed by atoms with Crippen LogP contribution in [-0.2, 0) is 14.3 Å². The van der Waals surface area contributed by atoms with Crippen LogP contribution in [0, 0.1) is 11.3 Å². The zero-order chi connectivity index (χ0) is 21.3. The third-order valence-electron chi connectivity index (χ3n) is 3.56. The highest BCUT2D eigenvalue weighted by Gasteiger charge is 2.29. The van der Waals surface area contributed by atoms with Crippen LogP contribution in [0.4, 0.5) is 0 Å². The van der Waals surface area contributed by atoms with Gasteiger partial charge in [-0.25, -0.2) is 20.3 Å². The second kappa shape index (κ2) is 10.6. The largest absolute Gasteiger partial charge is 0.388 e. The summed E-state index contributed by atoms with van der Waals surface area (Å²) < 4.78 is 11.2. The molecule has 0 fully saturated rings. The molecule has 4 N–H and O–H groups in total. The molecule has 1 amide bonds. The predicted octanol–water partition coefficient (Wildman–Crippen LogP) is 0.797. The van der Waals surface area contributed by atoms with E-state index in [-0.39, 0.29) is 18.9 Å². The third kappa shape index (κ3) is 7.19. The van der Waals surface area contributed by atoms with E-state index in [9.17, 15) is 9.90 Å². The maximum atomic E-state index is 12.2. The SMILES string of the molecule is CC(C)(O)COC(ONC(=O)c1cncnc1)C(OCN)c1cccc(C#N)c1. The number of benzene rings is 1. The summed E-state index contributed by atoms with van der Waals surface area (Å²) in [6.07, 6.45) is 1.88. The highest BCUT2D eigenvalue weighted by atomic mass is 16.8. The Labute approximate surface area is 168 Å². The molecule has 154 valence electrons. The quantitative estimate of drug-likeness (QED) is 0.387. The Balaban J connectivity index is 2.23. The minimum absolute atomic E-state index is 0.121. The number of nitrogens with zero attached hydrogens (tertiary/aromatic N) is 3. The van der Waals surface area contributed by atoms with Gasteiger partial charge in [0, 0.05) is 12.4 Å². The van der Waals surface area contributed by atoms with Gasteiger partial charge in [-0.05, 0) is 31.5 Å². The van der Waals surface area contributed by atoms with E-state index < -0.39 is 23.9 Å². The lowest BCUT2D eigenvalue weighted by Crippen LogP contribution is -2.39. The fraction of sp³-hybridized carbons (Fsp3) is 0.368. The lowest BCUT2D eigenvalue weighted by molar-refractivity contribution is -0.242. The lowest BCUT2D eigenvalue weighted by atomic mass is 10.1. The van der Waals surface area contributed by atoms with Gasteiger partial charge in [0.1, 0.15) is 12.4 Å². The summed E-state index contributed by atoms with van der Waals surface area (Å²) in [5.41, 5.74) is 7.78. The van der Waals surface area contributed by atoms with E-state index in [1.54, 1.807) is 38.1 Å². The number of ether oxygens (including phenoxy) is 2. The maximum absolute atomic E-state index is 12.2. The summed E-state index contributed by atoms with van der Waals surface area (Å²) in [5, 5.41) is 19.1. The summed E-state index contributed by atoms with van der Waals surface area (Å²) in [5.74, 6) is -0.597. The number of nitriles is 1. The van der Waals surface area contributed by atoms with Gasteiger partial charge in [0.05, 0.1) is 36.1 Å². The average molecular weight is 401 g/mol. The Morgan fingerprint density at radius 3 is 2.69 bits per heavy atom. The number of nitrogens with two attached hydrogens (primary N) is 1. The third-order valence-corrected chi connectivity index (χ3v) is 3.56. The van der Waals surface area contributed by atoms with Crippen LogP contribution >= 0.6 is 0 Å². The van der Waals surface area contributed by atoms with Crippen LogP contribution in [0.2, 0.25) is 0 Å². The molecule has 0 aliphatic rings. The molecule has 2 aromatic rings. The molecule has 0 saturated heterocycles. The molecule has 0 spiro atoms. The first-order valence-corrected chi connectivity index (χ1v) is 8.71. The van der Waals surface area contributed by atoms with Gasteiger partial charge >= 0.3 is 0 Å². The Hall–Kier alpha value is -2.94. The van der Waals surface area contributed by atoms with E-state index in [0.717, 1.165) is 0 Å². The summed E-state index contributed by atoms with van der Waals surface area (Å²) >= 11 is 0. The molecule has 0 bridgehead atoms. The smallest absolute Gasteiger partial charge is 0.278 e. The number of aliphatic hydroxyl groups is 1. The summed E-state index contributed by atoms with van der Waals surface area (Å²) in [4.78, 5) is 25.2. The molecule has 1 aromatic carbocycles. The highest BCUT2D eigenvalue weighted by molar-refractivity contribution is 5.92. The molecule has 29 heavy (non-hydrogen) atoms. The van der Waals surface area contributed by atoms with Crippen molar-refractivity contribution in [2.45, 2.75) is 31.8 Å². The first-order chi connectivity index (χ1) is 13.8. The Kier molecular flexibility index (Phi) is 8.14. The van der Waals surface area contributed by atoms with Gasteiger partial charge in [-0.3, -0.25) is 4.79 Å². The van der Waals surface area contributed by atoms with Crippen LogP contribution in [0.5, 0.6) is 0 Å². The van der Waals surface area contributed by atoms with Crippen molar-refractivity contribution in [3.05, 3.63) is 59.7 Å². The number of amides is 1. The van der Waals surface area contributed by atoms with E-state index in [2.05, 4.69) is 15.4 Å². The first-order valence-electron chi connectivity index (χ1n) is 8.71. The van der Waals surface area contributed by atoms with Gasteiger partial charge < -0.3 is 20.3 Å². The molecule has 2 rings (SSSR count).